The number of carbonyl (C=O) groups excluding carboxylic acids is 2. The molecule has 3 rings (SSSR count). The van der Waals surface area contributed by atoms with Gasteiger partial charge in [0.25, 0.3) is 5.91 Å². The third-order valence-electron chi connectivity index (χ3n) is 5.41. The van der Waals surface area contributed by atoms with Gasteiger partial charge in [-0.25, -0.2) is 8.78 Å². The predicted molar refractivity (Wildman–Crippen MR) is 128 cm³/mol. The zero-order valence-corrected chi connectivity index (χ0v) is 20.0. The Balaban J connectivity index is 1.79. The first-order valence-corrected chi connectivity index (χ1v) is 11.6. The summed E-state index contributed by atoms with van der Waals surface area (Å²) in [6.07, 6.45) is 0.545. The molecule has 0 fully saturated rings. The Labute approximate surface area is 204 Å². The minimum absolute atomic E-state index is 0.177. The van der Waals surface area contributed by atoms with Gasteiger partial charge in [-0.3, -0.25) is 9.59 Å². The van der Waals surface area contributed by atoms with Crippen LogP contribution in [0, 0.1) is 18.6 Å². The summed E-state index contributed by atoms with van der Waals surface area (Å²) in [5, 5.41) is 0. The van der Waals surface area contributed by atoms with Gasteiger partial charge in [-0.1, -0.05) is 12.1 Å². The zero-order valence-electron chi connectivity index (χ0n) is 20.0. The monoisotopic (exact) mass is 484 g/mol. The van der Waals surface area contributed by atoms with Gasteiger partial charge in [-0.15, -0.1) is 0 Å². The molecule has 3 aromatic rings. The summed E-state index contributed by atoms with van der Waals surface area (Å²) in [6, 6.07) is 14.8. The molecule has 0 unspecified atom stereocenters. The highest BCUT2D eigenvalue weighted by atomic mass is 19.1. The Kier molecular flexibility index (Phi) is 9.55. The SMILES string of the molecule is CCOCCCN(CC(=O)N(Cc1ccc(F)cc1)Cc1ccc(C)o1)C(=O)c1ccc(F)cc1. The van der Waals surface area contributed by atoms with Crippen LogP contribution in [0.15, 0.2) is 65.1 Å². The lowest BCUT2D eigenvalue weighted by molar-refractivity contribution is -0.133. The van der Waals surface area contributed by atoms with Gasteiger partial charge in [0.2, 0.25) is 5.91 Å². The molecule has 1 heterocycles. The van der Waals surface area contributed by atoms with Crippen LogP contribution in [0.5, 0.6) is 0 Å². The molecule has 35 heavy (non-hydrogen) atoms. The second-order valence-electron chi connectivity index (χ2n) is 8.17. The smallest absolute Gasteiger partial charge is 0.254 e. The van der Waals surface area contributed by atoms with E-state index >= 15 is 0 Å². The number of halogens is 2. The Bertz CT molecular complexity index is 1100. The van der Waals surface area contributed by atoms with Crippen LogP contribution in [-0.2, 0) is 22.6 Å². The summed E-state index contributed by atoms with van der Waals surface area (Å²) in [7, 11) is 0. The fraction of sp³-hybridized carbons (Fsp3) is 0.333. The van der Waals surface area contributed by atoms with Crippen LogP contribution in [-0.4, -0.2) is 47.9 Å². The number of aryl methyl sites for hydroxylation is 1. The lowest BCUT2D eigenvalue weighted by Crippen LogP contribution is -2.43. The average molecular weight is 485 g/mol. The topological polar surface area (TPSA) is 63.0 Å². The summed E-state index contributed by atoms with van der Waals surface area (Å²) < 4.78 is 37.8. The van der Waals surface area contributed by atoms with E-state index in [0.29, 0.717) is 37.5 Å². The van der Waals surface area contributed by atoms with Crippen molar-refractivity contribution in [1.29, 1.82) is 0 Å². The number of nitrogens with zero attached hydrogens (tertiary/aromatic N) is 2. The van der Waals surface area contributed by atoms with Crippen molar-refractivity contribution in [3.05, 3.63) is 94.9 Å². The van der Waals surface area contributed by atoms with Crippen molar-refractivity contribution in [2.24, 2.45) is 0 Å². The molecule has 1 aromatic heterocycles. The summed E-state index contributed by atoms with van der Waals surface area (Å²) in [6.45, 7) is 5.24. The van der Waals surface area contributed by atoms with Crippen LogP contribution in [0.3, 0.4) is 0 Å². The van der Waals surface area contributed by atoms with Crippen molar-refractivity contribution in [1.82, 2.24) is 9.80 Å². The van der Waals surface area contributed by atoms with E-state index in [1.807, 2.05) is 19.9 Å². The maximum absolute atomic E-state index is 13.4. The molecule has 0 aliphatic rings. The molecule has 6 nitrogen and oxygen atoms in total. The van der Waals surface area contributed by atoms with Crippen molar-refractivity contribution >= 4 is 11.8 Å². The van der Waals surface area contributed by atoms with Crippen LogP contribution >= 0.6 is 0 Å². The van der Waals surface area contributed by atoms with E-state index in [1.165, 1.54) is 41.3 Å². The van der Waals surface area contributed by atoms with E-state index in [4.69, 9.17) is 9.15 Å². The van der Waals surface area contributed by atoms with E-state index in [9.17, 15) is 18.4 Å². The lowest BCUT2D eigenvalue weighted by atomic mass is 10.1. The number of amides is 2. The Morgan fingerprint density at radius 2 is 1.54 bits per heavy atom. The molecule has 0 saturated carbocycles. The van der Waals surface area contributed by atoms with Crippen LogP contribution in [0.1, 0.15) is 40.8 Å². The second kappa shape index (κ2) is 12.8. The summed E-state index contributed by atoms with van der Waals surface area (Å²) in [4.78, 5) is 29.6. The number of carbonyl (C=O) groups is 2. The van der Waals surface area contributed by atoms with Crippen LogP contribution in [0.2, 0.25) is 0 Å². The Morgan fingerprint density at radius 1 is 0.886 bits per heavy atom. The van der Waals surface area contributed by atoms with E-state index in [-0.39, 0.29) is 37.3 Å². The van der Waals surface area contributed by atoms with Gasteiger partial charge in [0.05, 0.1) is 6.54 Å². The molecule has 0 atom stereocenters. The molecular weight excluding hydrogens is 454 g/mol. The van der Waals surface area contributed by atoms with Crippen molar-refractivity contribution in [2.75, 3.05) is 26.3 Å². The highest BCUT2D eigenvalue weighted by Crippen LogP contribution is 2.15. The average Bonchev–Trinajstić information content (AvgIpc) is 3.26. The number of hydrogen-bond acceptors (Lipinski definition) is 4. The fourth-order valence-corrected chi connectivity index (χ4v) is 3.59. The van der Waals surface area contributed by atoms with Gasteiger partial charge in [-0.2, -0.15) is 0 Å². The van der Waals surface area contributed by atoms with Crippen molar-refractivity contribution < 1.29 is 27.5 Å². The molecule has 186 valence electrons. The number of benzene rings is 2. The molecule has 0 aliphatic heterocycles. The molecular formula is C27H30F2N2O4. The third-order valence-corrected chi connectivity index (χ3v) is 5.41. The normalized spacial score (nSPS) is 10.9. The number of ether oxygens (including phenoxy) is 1. The van der Waals surface area contributed by atoms with Crippen molar-refractivity contribution in [2.45, 2.75) is 33.4 Å². The molecule has 0 radical (unpaired) electrons. The van der Waals surface area contributed by atoms with Gasteiger partial charge >= 0.3 is 0 Å². The highest BCUT2D eigenvalue weighted by molar-refractivity contribution is 5.96. The molecule has 2 amide bonds. The number of hydrogen-bond donors (Lipinski definition) is 0. The molecule has 0 saturated heterocycles. The Morgan fingerprint density at radius 3 is 2.14 bits per heavy atom. The van der Waals surface area contributed by atoms with E-state index in [1.54, 1.807) is 23.1 Å². The van der Waals surface area contributed by atoms with Gasteiger partial charge < -0.3 is 19.0 Å². The summed E-state index contributed by atoms with van der Waals surface area (Å²) in [5.41, 5.74) is 1.04. The van der Waals surface area contributed by atoms with Crippen molar-refractivity contribution in [3.8, 4) is 0 Å². The lowest BCUT2D eigenvalue weighted by Gasteiger charge is -2.27. The van der Waals surface area contributed by atoms with Crippen LogP contribution in [0.25, 0.3) is 0 Å². The second-order valence-corrected chi connectivity index (χ2v) is 8.17. The summed E-state index contributed by atoms with van der Waals surface area (Å²) >= 11 is 0. The molecule has 2 aromatic carbocycles. The maximum atomic E-state index is 13.4. The largest absolute Gasteiger partial charge is 0.464 e. The third kappa shape index (κ3) is 8.03. The Hall–Kier alpha value is -3.52. The highest BCUT2D eigenvalue weighted by Gasteiger charge is 2.23. The molecule has 8 heteroatoms. The van der Waals surface area contributed by atoms with E-state index in [0.717, 1.165) is 11.3 Å². The van der Waals surface area contributed by atoms with Gasteiger partial charge in [0.1, 0.15) is 29.7 Å². The van der Waals surface area contributed by atoms with Gasteiger partial charge in [0.15, 0.2) is 0 Å². The fourth-order valence-electron chi connectivity index (χ4n) is 3.59. The molecule has 0 bridgehead atoms. The number of rotatable bonds is 12. The predicted octanol–water partition coefficient (Wildman–Crippen LogP) is 4.96. The van der Waals surface area contributed by atoms with Gasteiger partial charge in [-0.05, 0) is 74.4 Å². The first kappa shape index (κ1) is 26.1. The van der Waals surface area contributed by atoms with Crippen LogP contribution < -0.4 is 0 Å². The maximum Gasteiger partial charge on any atom is 0.254 e. The first-order chi connectivity index (χ1) is 16.9. The minimum atomic E-state index is -0.445. The van der Waals surface area contributed by atoms with Gasteiger partial charge in [0, 0.05) is 31.9 Å². The standard InChI is InChI=1S/C27H30F2N2O4/c1-3-34-16-4-15-30(27(33)22-8-12-24(29)13-9-22)19-26(32)31(18-25-14-5-20(2)35-25)17-21-6-10-23(28)11-7-21/h5-14H,3-4,15-19H2,1-2H3. The van der Waals surface area contributed by atoms with E-state index < -0.39 is 5.82 Å². The molecule has 0 N–H and O–H groups in total. The first-order valence-electron chi connectivity index (χ1n) is 11.6. The number of furan rings is 1. The van der Waals surface area contributed by atoms with Crippen molar-refractivity contribution in [3.63, 3.8) is 0 Å². The summed E-state index contributed by atoms with van der Waals surface area (Å²) in [5.74, 6) is -0.150. The quantitative estimate of drug-likeness (QED) is 0.341. The van der Waals surface area contributed by atoms with Crippen LogP contribution in [0.4, 0.5) is 8.78 Å². The minimum Gasteiger partial charge on any atom is -0.464 e. The molecule has 0 aliphatic carbocycles. The molecule has 0 spiro atoms. The van der Waals surface area contributed by atoms with E-state index in [2.05, 4.69) is 0 Å². The zero-order chi connectivity index (χ0) is 25.2.